The average molecular weight is 384 g/mol. The number of aryl methyl sites for hydroxylation is 1. The summed E-state index contributed by atoms with van der Waals surface area (Å²) >= 11 is 1.71. The number of piperidine rings is 1. The van der Waals surface area contributed by atoms with Crippen molar-refractivity contribution in [1.29, 1.82) is 0 Å². The molecule has 0 aliphatic carbocycles. The van der Waals surface area contributed by atoms with Crippen molar-refractivity contribution >= 4 is 22.7 Å². The predicted octanol–water partition coefficient (Wildman–Crippen LogP) is 3.82. The Morgan fingerprint density at radius 1 is 1.19 bits per heavy atom. The van der Waals surface area contributed by atoms with Crippen LogP contribution in [0.15, 0.2) is 29.6 Å². The van der Waals surface area contributed by atoms with Gasteiger partial charge >= 0.3 is 0 Å². The van der Waals surface area contributed by atoms with Crippen LogP contribution in [0.3, 0.4) is 0 Å². The van der Waals surface area contributed by atoms with E-state index in [9.17, 15) is 0 Å². The fourth-order valence-corrected chi connectivity index (χ4v) is 6.13. The first-order valence-electron chi connectivity index (χ1n) is 10.2. The number of hydrogen-bond acceptors (Lipinski definition) is 5. The number of para-hydroxylation sites is 1. The number of likely N-dealkylation sites (tertiary alicyclic amines) is 1. The Labute approximate surface area is 166 Å². The molecule has 4 heterocycles. The molecular weight excluding hydrogens is 354 g/mol. The Kier molecular flexibility index (Phi) is 4.52. The molecule has 2 atom stereocenters. The fourth-order valence-electron chi connectivity index (χ4n) is 5.36. The lowest BCUT2D eigenvalue weighted by Crippen LogP contribution is -2.49. The Morgan fingerprint density at radius 2 is 2.11 bits per heavy atom. The Balaban J connectivity index is 1.27. The van der Waals surface area contributed by atoms with Gasteiger partial charge in [0.15, 0.2) is 5.06 Å². The fraction of sp³-hybridized carbons (Fsp3) is 0.545. The third-order valence-corrected chi connectivity index (χ3v) is 7.61. The maximum atomic E-state index is 5.47. The van der Waals surface area contributed by atoms with Crippen LogP contribution in [0, 0.1) is 0 Å². The van der Waals surface area contributed by atoms with E-state index >= 15 is 0 Å². The summed E-state index contributed by atoms with van der Waals surface area (Å²) in [4.78, 5) is 7.85. The molecule has 3 aliphatic rings. The number of rotatable bonds is 5. The zero-order valence-corrected chi connectivity index (χ0v) is 17.2. The summed E-state index contributed by atoms with van der Waals surface area (Å²) in [6.45, 7) is 5.96. The van der Waals surface area contributed by atoms with E-state index in [1.54, 1.807) is 24.0 Å². The lowest BCUT2D eigenvalue weighted by Gasteiger charge is -2.41. The van der Waals surface area contributed by atoms with Crippen molar-refractivity contribution in [2.75, 3.05) is 56.7 Å². The van der Waals surface area contributed by atoms with Gasteiger partial charge in [-0.05, 0) is 48.9 Å². The van der Waals surface area contributed by atoms with Gasteiger partial charge in [-0.2, -0.15) is 0 Å². The van der Waals surface area contributed by atoms with E-state index in [-0.39, 0.29) is 0 Å². The van der Waals surface area contributed by atoms with Crippen molar-refractivity contribution in [3.05, 3.63) is 40.8 Å². The number of methoxy groups -OCH3 is 1. The molecule has 2 aromatic rings. The molecule has 0 N–H and O–H groups in total. The Morgan fingerprint density at radius 3 is 3.00 bits per heavy atom. The zero-order chi connectivity index (χ0) is 18.4. The Bertz CT molecular complexity index is 820. The number of nitrogens with zero attached hydrogens (tertiary/aromatic N) is 3. The summed E-state index contributed by atoms with van der Waals surface area (Å²) in [6.07, 6.45) is 3.63. The summed E-state index contributed by atoms with van der Waals surface area (Å²) in [5.41, 5.74) is 5.93. The van der Waals surface area contributed by atoms with E-state index in [1.807, 2.05) is 0 Å². The molecule has 1 aromatic heterocycles. The second kappa shape index (κ2) is 7.02. The number of hydrogen-bond donors (Lipinski definition) is 0. The molecule has 0 bridgehead atoms. The van der Waals surface area contributed by atoms with Crippen molar-refractivity contribution in [2.45, 2.75) is 31.2 Å². The molecule has 0 spiro atoms. The van der Waals surface area contributed by atoms with E-state index in [0.717, 1.165) is 18.0 Å². The van der Waals surface area contributed by atoms with Gasteiger partial charge in [0.25, 0.3) is 0 Å². The highest BCUT2D eigenvalue weighted by molar-refractivity contribution is 7.12. The lowest BCUT2D eigenvalue weighted by molar-refractivity contribution is 0.191. The van der Waals surface area contributed by atoms with Crippen LogP contribution in [0.25, 0.3) is 0 Å². The minimum atomic E-state index is 0.677. The number of benzene rings is 1. The normalized spacial score (nSPS) is 24.1. The van der Waals surface area contributed by atoms with Crippen LogP contribution in [0.4, 0.5) is 11.4 Å². The van der Waals surface area contributed by atoms with Gasteiger partial charge in [0.05, 0.1) is 18.5 Å². The highest BCUT2D eigenvalue weighted by Crippen LogP contribution is 2.50. The van der Waals surface area contributed by atoms with Crippen molar-refractivity contribution < 1.29 is 4.74 Å². The van der Waals surface area contributed by atoms with Crippen molar-refractivity contribution in [3.8, 4) is 5.06 Å². The van der Waals surface area contributed by atoms with E-state index in [2.05, 4.69) is 51.4 Å². The molecule has 0 radical (unpaired) electrons. The third kappa shape index (κ3) is 2.92. The molecule has 4 nitrogen and oxygen atoms in total. The molecule has 0 saturated carbocycles. The molecule has 27 heavy (non-hydrogen) atoms. The second-order valence-corrected chi connectivity index (χ2v) is 9.01. The molecule has 5 heteroatoms. The van der Waals surface area contributed by atoms with Gasteiger partial charge in [-0.15, -0.1) is 11.3 Å². The summed E-state index contributed by atoms with van der Waals surface area (Å²) < 4.78 is 5.47. The zero-order valence-electron chi connectivity index (χ0n) is 16.4. The molecular formula is C22H29N3OS. The Hall–Kier alpha value is -1.72. The minimum absolute atomic E-state index is 0.677. The molecule has 0 amide bonds. The summed E-state index contributed by atoms with van der Waals surface area (Å²) in [7, 11) is 4.02. The molecule has 3 aliphatic heterocycles. The van der Waals surface area contributed by atoms with Crippen LogP contribution in [-0.2, 0) is 6.42 Å². The molecule has 1 fully saturated rings. The van der Waals surface area contributed by atoms with Gasteiger partial charge in [0.2, 0.25) is 0 Å². The van der Waals surface area contributed by atoms with Crippen molar-refractivity contribution in [3.63, 3.8) is 0 Å². The summed E-state index contributed by atoms with van der Waals surface area (Å²) in [6, 6.07) is 9.87. The standard InChI is InChI=1S/C22H29N3OS/c1-23-12-13-25-19-8-11-24(10-4-5-16-9-14-27-22(16)26-2)15-18(19)17-6-3-7-20(23)21(17)25/h3,6-7,9,14,18-19H,4-5,8,10-13,15H2,1-2H3/t18-,19-/m0/s1. The SMILES string of the molecule is COc1sccc1CCCN1CC[C@H]2[C@@H](C1)c1cccc3c1N2CCN3C. The van der Waals surface area contributed by atoms with E-state index in [0.29, 0.717) is 12.0 Å². The quantitative estimate of drug-likeness (QED) is 0.781. The molecule has 144 valence electrons. The van der Waals surface area contributed by atoms with Crippen LogP contribution in [0.1, 0.15) is 29.9 Å². The van der Waals surface area contributed by atoms with Crippen LogP contribution < -0.4 is 14.5 Å². The first-order valence-corrected chi connectivity index (χ1v) is 11.1. The number of fused-ring (bicyclic) bond motifs is 3. The highest BCUT2D eigenvalue weighted by atomic mass is 32.1. The monoisotopic (exact) mass is 383 g/mol. The first-order chi connectivity index (χ1) is 13.3. The van der Waals surface area contributed by atoms with Crippen LogP contribution in [0.5, 0.6) is 5.06 Å². The molecule has 1 saturated heterocycles. The smallest absolute Gasteiger partial charge is 0.176 e. The van der Waals surface area contributed by atoms with E-state index < -0.39 is 0 Å². The number of anilines is 2. The molecule has 0 unspecified atom stereocenters. The molecule has 1 aromatic carbocycles. The van der Waals surface area contributed by atoms with Gasteiger partial charge in [-0.3, -0.25) is 0 Å². The maximum absolute atomic E-state index is 5.47. The van der Waals surface area contributed by atoms with Crippen LogP contribution in [-0.4, -0.2) is 57.8 Å². The third-order valence-electron chi connectivity index (χ3n) is 6.69. The number of thiophene rings is 1. The van der Waals surface area contributed by atoms with Crippen molar-refractivity contribution in [1.82, 2.24) is 4.90 Å². The highest BCUT2D eigenvalue weighted by Gasteiger charge is 2.44. The largest absolute Gasteiger partial charge is 0.487 e. The minimum Gasteiger partial charge on any atom is -0.487 e. The van der Waals surface area contributed by atoms with Gasteiger partial charge in [0.1, 0.15) is 0 Å². The maximum Gasteiger partial charge on any atom is 0.176 e. The van der Waals surface area contributed by atoms with Crippen LogP contribution >= 0.6 is 11.3 Å². The topological polar surface area (TPSA) is 19.0 Å². The van der Waals surface area contributed by atoms with E-state index in [4.69, 9.17) is 4.74 Å². The van der Waals surface area contributed by atoms with Crippen LogP contribution in [0.2, 0.25) is 0 Å². The lowest BCUT2D eigenvalue weighted by atomic mass is 9.89. The number of ether oxygens (including phenoxy) is 1. The summed E-state index contributed by atoms with van der Waals surface area (Å²) in [5, 5.41) is 3.23. The van der Waals surface area contributed by atoms with Gasteiger partial charge in [-0.25, -0.2) is 0 Å². The summed E-state index contributed by atoms with van der Waals surface area (Å²) in [5.74, 6) is 0.677. The predicted molar refractivity (Wildman–Crippen MR) is 114 cm³/mol. The van der Waals surface area contributed by atoms with E-state index in [1.165, 1.54) is 56.0 Å². The van der Waals surface area contributed by atoms with Gasteiger partial charge < -0.3 is 19.4 Å². The van der Waals surface area contributed by atoms with Gasteiger partial charge in [-0.1, -0.05) is 12.1 Å². The van der Waals surface area contributed by atoms with Gasteiger partial charge in [0, 0.05) is 50.7 Å². The second-order valence-electron chi connectivity index (χ2n) is 8.13. The molecule has 5 rings (SSSR count). The van der Waals surface area contributed by atoms with Crippen molar-refractivity contribution in [2.24, 2.45) is 0 Å². The average Bonchev–Trinajstić information content (AvgIpc) is 3.28. The first kappa shape index (κ1) is 17.4. The number of likely N-dealkylation sites (N-methyl/N-ethyl adjacent to an activating group) is 1.